The highest BCUT2D eigenvalue weighted by Crippen LogP contribution is 2.30. The summed E-state index contributed by atoms with van der Waals surface area (Å²) in [5, 5.41) is 9.67. The van der Waals surface area contributed by atoms with Crippen LogP contribution in [0.4, 0.5) is 5.69 Å². The zero-order valence-corrected chi connectivity index (χ0v) is 11.1. The number of aliphatic hydroxyl groups excluding tert-OH is 1. The van der Waals surface area contributed by atoms with Gasteiger partial charge in [-0.25, -0.2) is 0 Å². The minimum atomic E-state index is -0.372. The van der Waals surface area contributed by atoms with E-state index in [2.05, 4.69) is 36.9 Å². The van der Waals surface area contributed by atoms with E-state index in [1.54, 1.807) is 0 Å². The average Bonchev–Trinajstić information content (AvgIpc) is 2.28. The zero-order chi connectivity index (χ0) is 12.4. The van der Waals surface area contributed by atoms with Crippen molar-refractivity contribution < 1.29 is 5.11 Å². The fourth-order valence-corrected chi connectivity index (χ4v) is 2.56. The molecule has 1 aliphatic heterocycles. The molecule has 2 heteroatoms. The molecule has 0 bridgehead atoms. The molecule has 2 nitrogen and oxygen atoms in total. The van der Waals surface area contributed by atoms with Crippen LogP contribution in [-0.2, 0) is 6.42 Å². The number of benzene rings is 1. The second-order valence-corrected chi connectivity index (χ2v) is 5.51. The van der Waals surface area contributed by atoms with Gasteiger partial charge in [-0.3, -0.25) is 0 Å². The molecule has 2 rings (SSSR count). The summed E-state index contributed by atoms with van der Waals surface area (Å²) in [6.45, 7) is 8.60. The summed E-state index contributed by atoms with van der Waals surface area (Å²) in [4.78, 5) is 2.47. The van der Waals surface area contributed by atoms with Crippen LogP contribution in [0.3, 0.4) is 0 Å². The number of hydrogen-bond acceptors (Lipinski definition) is 2. The Kier molecular flexibility index (Phi) is 3.72. The van der Waals surface area contributed by atoms with Gasteiger partial charge in [-0.05, 0) is 42.9 Å². The van der Waals surface area contributed by atoms with Gasteiger partial charge in [0.2, 0.25) is 0 Å². The Labute approximate surface area is 104 Å². The number of rotatable bonds is 3. The molecule has 0 saturated carbocycles. The van der Waals surface area contributed by atoms with Crippen molar-refractivity contribution >= 4 is 5.69 Å². The molecular weight excluding hydrogens is 210 g/mol. The summed E-state index contributed by atoms with van der Waals surface area (Å²) in [5.74, 6) is 0.677. The van der Waals surface area contributed by atoms with Crippen LogP contribution in [0.25, 0.3) is 0 Å². The van der Waals surface area contributed by atoms with E-state index in [0.29, 0.717) is 5.92 Å². The number of anilines is 1. The lowest BCUT2D eigenvalue weighted by Gasteiger charge is -2.33. The van der Waals surface area contributed by atoms with Gasteiger partial charge in [-0.1, -0.05) is 26.0 Å². The van der Waals surface area contributed by atoms with Gasteiger partial charge in [0.1, 0.15) is 0 Å². The standard InChI is InChI=1S/C15H23NO/c1-11(2)10-16-8-4-5-13-6-7-14(12(3)17)9-15(13)16/h6-7,9,11-12,17H,4-5,8,10H2,1-3H3. The SMILES string of the molecule is CC(C)CN1CCCc2ccc(C(C)O)cc21. The van der Waals surface area contributed by atoms with Gasteiger partial charge in [0.05, 0.1) is 6.10 Å². The van der Waals surface area contributed by atoms with Crippen molar-refractivity contribution in [2.24, 2.45) is 5.92 Å². The zero-order valence-electron chi connectivity index (χ0n) is 11.1. The van der Waals surface area contributed by atoms with Crippen molar-refractivity contribution in [1.82, 2.24) is 0 Å². The Morgan fingerprint density at radius 1 is 1.29 bits per heavy atom. The van der Waals surface area contributed by atoms with Gasteiger partial charge in [0.25, 0.3) is 0 Å². The van der Waals surface area contributed by atoms with Gasteiger partial charge in [-0.15, -0.1) is 0 Å². The molecule has 0 radical (unpaired) electrons. The van der Waals surface area contributed by atoms with Gasteiger partial charge in [0.15, 0.2) is 0 Å². The highest BCUT2D eigenvalue weighted by Gasteiger charge is 2.18. The number of fused-ring (bicyclic) bond motifs is 1. The quantitative estimate of drug-likeness (QED) is 0.867. The first-order chi connectivity index (χ1) is 8.08. The van der Waals surface area contributed by atoms with Gasteiger partial charge < -0.3 is 10.0 Å². The predicted molar refractivity (Wildman–Crippen MR) is 72.4 cm³/mol. The first kappa shape index (κ1) is 12.4. The molecular formula is C15H23NO. The Bertz CT molecular complexity index is 385. The molecule has 1 unspecified atom stereocenters. The third-order valence-corrected chi connectivity index (χ3v) is 3.39. The molecule has 0 saturated heterocycles. The third-order valence-electron chi connectivity index (χ3n) is 3.39. The van der Waals surface area contributed by atoms with E-state index in [-0.39, 0.29) is 6.10 Å². The maximum absolute atomic E-state index is 9.67. The predicted octanol–water partition coefficient (Wildman–Crippen LogP) is 3.15. The average molecular weight is 233 g/mol. The Balaban J connectivity index is 2.30. The van der Waals surface area contributed by atoms with Crippen molar-refractivity contribution in [3.8, 4) is 0 Å². The summed E-state index contributed by atoms with van der Waals surface area (Å²) in [5.41, 5.74) is 3.80. The minimum absolute atomic E-state index is 0.372. The summed E-state index contributed by atoms with van der Waals surface area (Å²) in [7, 11) is 0. The first-order valence-corrected chi connectivity index (χ1v) is 6.63. The number of nitrogens with zero attached hydrogens (tertiary/aromatic N) is 1. The van der Waals surface area contributed by atoms with Crippen molar-refractivity contribution in [3.05, 3.63) is 29.3 Å². The van der Waals surface area contributed by atoms with Gasteiger partial charge >= 0.3 is 0 Å². The Hall–Kier alpha value is -1.02. The topological polar surface area (TPSA) is 23.5 Å². The van der Waals surface area contributed by atoms with E-state index in [4.69, 9.17) is 0 Å². The lowest BCUT2D eigenvalue weighted by Crippen LogP contribution is -2.32. The molecule has 0 amide bonds. The van der Waals surface area contributed by atoms with Crippen LogP contribution in [0.1, 0.15) is 44.4 Å². The minimum Gasteiger partial charge on any atom is -0.389 e. The van der Waals surface area contributed by atoms with E-state index in [1.165, 1.54) is 24.1 Å². The van der Waals surface area contributed by atoms with Crippen molar-refractivity contribution in [3.63, 3.8) is 0 Å². The van der Waals surface area contributed by atoms with Crippen molar-refractivity contribution in [2.75, 3.05) is 18.0 Å². The molecule has 1 N–H and O–H groups in total. The fraction of sp³-hybridized carbons (Fsp3) is 0.600. The van der Waals surface area contributed by atoms with Crippen LogP contribution < -0.4 is 4.90 Å². The Morgan fingerprint density at radius 2 is 2.06 bits per heavy atom. The lowest BCUT2D eigenvalue weighted by atomic mass is 9.97. The van der Waals surface area contributed by atoms with Crippen LogP contribution in [0, 0.1) is 5.92 Å². The lowest BCUT2D eigenvalue weighted by molar-refractivity contribution is 0.199. The van der Waals surface area contributed by atoms with Crippen LogP contribution in [-0.4, -0.2) is 18.2 Å². The van der Waals surface area contributed by atoms with Crippen LogP contribution in [0.5, 0.6) is 0 Å². The normalized spacial score (nSPS) is 17.1. The van der Waals surface area contributed by atoms with E-state index in [9.17, 15) is 5.11 Å². The smallest absolute Gasteiger partial charge is 0.0762 e. The summed E-state index contributed by atoms with van der Waals surface area (Å²) < 4.78 is 0. The second kappa shape index (κ2) is 5.09. The molecule has 0 fully saturated rings. The molecule has 1 heterocycles. The largest absolute Gasteiger partial charge is 0.389 e. The maximum Gasteiger partial charge on any atom is 0.0762 e. The third kappa shape index (κ3) is 2.81. The van der Waals surface area contributed by atoms with E-state index >= 15 is 0 Å². The molecule has 1 aromatic rings. The Morgan fingerprint density at radius 3 is 2.71 bits per heavy atom. The molecule has 94 valence electrons. The van der Waals surface area contributed by atoms with Gasteiger partial charge in [0, 0.05) is 18.8 Å². The number of aliphatic hydroxyl groups is 1. The second-order valence-electron chi connectivity index (χ2n) is 5.51. The van der Waals surface area contributed by atoms with Crippen LogP contribution in [0.2, 0.25) is 0 Å². The highest BCUT2D eigenvalue weighted by atomic mass is 16.3. The van der Waals surface area contributed by atoms with E-state index in [0.717, 1.165) is 18.7 Å². The molecule has 0 spiro atoms. The molecule has 1 aromatic carbocycles. The summed E-state index contributed by atoms with van der Waals surface area (Å²) in [6, 6.07) is 6.41. The molecule has 1 atom stereocenters. The van der Waals surface area contributed by atoms with E-state index < -0.39 is 0 Å². The molecule has 17 heavy (non-hydrogen) atoms. The first-order valence-electron chi connectivity index (χ1n) is 6.63. The monoisotopic (exact) mass is 233 g/mol. The number of aryl methyl sites for hydroxylation is 1. The van der Waals surface area contributed by atoms with Crippen LogP contribution >= 0.6 is 0 Å². The number of hydrogen-bond donors (Lipinski definition) is 1. The summed E-state index contributed by atoms with van der Waals surface area (Å²) in [6.07, 6.45) is 2.04. The molecule has 1 aliphatic rings. The molecule has 0 aromatic heterocycles. The van der Waals surface area contributed by atoms with Gasteiger partial charge in [-0.2, -0.15) is 0 Å². The van der Waals surface area contributed by atoms with Crippen molar-refractivity contribution in [1.29, 1.82) is 0 Å². The van der Waals surface area contributed by atoms with E-state index in [1.807, 2.05) is 6.92 Å². The molecule has 0 aliphatic carbocycles. The maximum atomic E-state index is 9.67. The van der Waals surface area contributed by atoms with Crippen LogP contribution in [0.15, 0.2) is 18.2 Å². The summed E-state index contributed by atoms with van der Waals surface area (Å²) >= 11 is 0. The fourth-order valence-electron chi connectivity index (χ4n) is 2.56. The highest BCUT2D eigenvalue weighted by molar-refractivity contribution is 5.57. The van der Waals surface area contributed by atoms with Crippen molar-refractivity contribution in [2.45, 2.75) is 39.7 Å².